The SMILES string of the molecule is CCCCCCC1=Cc2ccccc2S1(O[I+3]([O-])([O-])[O-])C(F)(F)F. The van der Waals surface area contributed by atoms with Gasteiger partial charge in [0.1, 0.15) is 10.3 Å². The van der Waals surface area contributed by atoms with E-state index in [9.17, 15) is 23.5 Å². The van der Waals surface area contributed by atoms with Crippen molar-refractivity contribution in [1.82, 2.24) is 0 Å². The normalized spacial score (nSPS) is 23.5. The maximum Gasteiger partial charge on any atom is 0.466 e. The Morgan fingerprint density at radius 2 is 1.75 bits per heavy atom. The summed E-state index contributed by atoms with van der Waals surface area (Å²) in [7, 11) is -4.32. The van der Waals surface area contributed by atoms with E-state index in [0.717, 1.165) is 19.3 Å². The van der Waals surface area contributed by atoms with Gasteiger partial charge >= 0.3 is 25.6 Å². The van der Waals surface area contributed by atoms with Crippen LogP contribution >= 0.6 is 10.3 Å². The number of halogens is 4. The number of benzene rings is 1. The first-order chi connectivity index (χ1) is 11.1. The van der Waals surface area contributed by atoms with Gasteiger partial charge in [-0.3, -0.25) is 10.3 Å². The highest BCUT2D eigenvalue weighted by Gasteiger charge is 2.67. The van der Waals surface area contributed by atoms with E-state index >= 15 is 0 Å². The van der Waals surface area contributed by atoms with Crippen LogP contribution in [0.15, 0.2) is 34.1 Å². The molecule has 0 saturated carbocycles. The van der Waals surface area contributed by atoms with E-state index in [-0.39, 0.29) is 21.8 Å². The zero-order valence-corrected chi connectivity index (χ0v) is 15.9. The van der Waals surface area contributed by atoms with Crippen molar-refractivity contribution in [3.63, 3.8) is 0 Å². The summed E-state index contributed by atoms with van der Waals surface area (Å²) in [5, 5.41) is 0. The minimum Gasteiger partial charge on any atom is -0.254 e. The van der Waals surface area contributed by atoms with Gasteiger partial charge in [0, 0.05) is 9.80 Å². The molecule has 0 fully saturated rings. The molecule has 24 heavy (non-hydrogen) atoms. The molecule has 1 aliphatic rings. The number of hydrogen-bond acceptors (Lipinski definition) is 4. The molecule has 1 aliphatic heterocycles. The lowest BCUT2D eigenvalue weighted by atomic mass is 10.1. The number of hydrogen-bond donors (Lipinski definition) is 0. The molecule has 1 heterocycles. The zero-order chi connectivity index (χ0) is 18.0. The standard InChI is InChI=1S/C15H18F3IO4S/c1-2-3-4-5-9-13-11-12-8-6-7-10-14(12)24(13,15(16,17)18)23-19(20,21)22/h6-8,10-11H,2-5,9H2,1H3. The van der Waals surface area contributed by atoms with Crippen molar-refractivity contribution in [1.29, 1.82) is 0 Å². The Labute approximate surface area is 146 Å². The average molecular weight is 478 g/mol. The summed E-state index contributed by atoms with van der Waals surface area (Å²) in [6, 6.07) is 5.62. The molecular formula is C15H18F3IO4S. The van der Waals surface area contributed by atoms with Gasteiger partial charge in [-0.05, 0) is 30.5 Å². The Bertz CT molecular complexity index is 615. The predicted octanol–water partition coefficient (Wildman–Crippen LogP) is -0.472. The van der Waals surface area contributed by atoms with E-state index in [0.29, 0.717) is 6.42 Å². The Morgan fingerprint density at radius 3 is 2.33 bits per heavy atom. The molecule has 0 radical (unpaired) electrons. The first-order valence-corrected chi connectivity index (χ1v) is 12.5. The second-order valence-electron chi connectivity index (χ2n) is 5.40. The fourth-order valence-electron chi connectivity index (χ4n) is 2.70. The number of alkyl halides is 3. The van der Waals surface area contributed by atoms with Crippen molar-refractivity contribution in [3.8, 4) is 0 Å². The zero-order valence-electron chi connectivity index (χ0n) is 13.0. The molecule has 9 heteroatoms. The number of unbranched alkanes of at least 4 members (excludes halogenated alkanes) is 3. The molecule has 0 amide bonds. The van der Waals surface area contributed by atoms with Gasteiger partial charge in [-0.25, -0.2) is 0 Å². The van der Waals surface area contributed by atoms with Crippen LogP contribution in [0.25, 0.3) is 6.08 Å². The van der Waals surface area contributed by atoms with Gasteiger partial charge in [-0.15, -0.1) is 0 Å². The molecule has 0 aromatic heterocycles. The lowest BCUT2D eigenvalue weighted by Crippen LogP contribution is -4.23. The first kappa shape index (κ1) is 20.0. The Hall–Kier alpha value is -0.330. The molecule has 0 saturated heterocycles. The summed E-state index contributed by atoms with van der Waals surface area (Å²) in [5.41, 5.74) is -4.70. The van der Waals surface area contributed by atoms with Crippen LogP contribution in [-0.4, -0.2) is 5.51 Å². The van der Waals surface area contributed by atoms with Crippen molar-refractivity contribution in [2.75, 3.05) is 0 Å². The lowest BCUT2D eigenvalue weighted by Gasteiger charge is -2.34. The van der Waals surface area contributed by atoms with E-state index in [1.807, 2.05) is 6.92 Å². The number of rotatable bonds is 7. The van der Waals surface area contributed by atoms with E-state index in [2.05, 4.69) is 2.51 Å². The molecule has 136 valence electrons. The molecule has 1 aromatic carbocycles. The quantitative estimate of drug-likeness (QED) is 0.392. The molecular weight excluding hydrogens is 460 g/mol. The van der Waals surface area contributed by atoms with E-state index in [1.54, 1.807) is 6.07 Å². The summed E-state index contributed by atoms with van der Waals surface area (Å²) in [4.78, 5) is -0.388. The summed E-state index contributed by atoms with van der Waals surface area (Å²) in [5.74, 6) is 0. The highest BCUT2D eigenvalue weighted by molar-refractivity contribution is 8.34. The van der Waals surface area contributed by atoms with Crippen LogP contribution < -0.4 is 30.4 Å². The Balaban J connectivity index is 2.47. The van der Waals surface area contributed by atoms with Gasteiger partial charge in [-0.2, -0.15) is 13.2 Å². The van der Waals surface area contributed by atoms with Crippen LogP contribution in [0.4, 0.5) is 13.2 Å². The monoisotopic (exact) mass is 478 g/mol. The van der Waals surface area contributed by atoms with Crippen molar-refractivity contribution in [2.24, 2.45) is 0 Å². The van der Waals surface area contributed by atoms with E-state index < -0.39 is 35.9 Å². The fourth-order valence-corrected chi connectivity index (χ4v) is 9.30. The second kappa shape index (κ2) is 7.50. The number of allylic oxidation sites excluding steroid dienone is 1. The Kier molecular flexibility index (Phi) is 6.25. The van der Waals surface area contributed by atoms with Gasteiger partial charge in [-0.1, -0.05) is 44.4 Å². The first-order valence-electron chi connectivity index (χ1n) is 7.43. The van der Waals surface area contributed by atoms with Crippen LogP contribution in [-0.2, 0) is 2.51 Å². The summed E-state index contributed by atoms with van der Waals surface area (Å²) >= 11 is -6.59. The molecule has 0 bridgehead atoms. The highest BCUT2D eigenvalue weighted by Crippen LogP contribution is 2.76. The van der Waals surface area contributed by atoms with Crippen molar-refractivity contribution in [2.45, 2.75) is 49.4 Å². The van der Waals surface area contributed by atoms with Crippen LogP contribution in [0.5, 0.6) is 0 Å². The van der Waals surface area contributed by atoms with Crippen LogP contribution in [0, 0.1) is 0 Å². The molecule has 4 nitrogen and oxygen atoms in total. The molecule has 1 atom stereocenters. The van der Waals surface area contributed by atoms with Crippen molar-refractivity contribution < 1.29 is 46.1 Å². The molecule has 2 rings (SSSR count). The van der Waals surface area contributed by atoms with Crippen LogP contribution in [0.3, 0.4) is 0 Å². The minimum atomic E-state index is -6.59. The molecule has 1 unspecified atom stereocenters. The van der Waals surface area contributed by atoms with Crippen LogP contribution in [0.2, 0.25) is 0 Å². The highest BCUT2D eigenvalue weighted by atomic mass is 127. The van der Waals surface area contributed by atoms with E-state index in [4.69, 9.17) is 0 Å². The predicted molar refractivity (Wildman–Crippen MR) is 76.2 cm³/mol. The third kappa shape index (κ3) is 4.07. The summed E-state index contributed by atoms with van der Waals surface area (Å²) in [6.07, 6.45) is 4.40. The molecule has 0 N–H and O–H groups in total. The van der Waals surface area contributed by atoms with Gasteiger partial charge in [0.05, 0.1) is 2.51 Å². The van der Waals surface area contributed by atoms with Crippen molar-refractivity contribution in [3.05, 3.63) is 34.7 Å². The second-order valence-corrected chi connectivity index (χ2v) is 11.3. The van der Waals surface area contributed by atoms with Gasteiger partial charge in [0.25, 0.3) is 0 Å². The fraction of sp³-hybridized carbons (Fsp3) is 0.467. The maximum atomic E-state index is 13.9. The minimum absolute atomic E-state index is 0.0562. The molecule has 0 spiro atoms. The number of fused-ring (bicyclic) bond motifs is 1. The molecule has 1 aromatic rings. The van der Waals surface area contributed by atoms with Gasteiger partial charge in [0.2, 0.25) is 0 Å². The summed E-state index contributed by atoms with van der Waals surface area (Å²) in [6.45, 7) is 1.98. The van der Waals surface area contributed by atoms with Gasteiger partial charge < -0.3 is 0 Å². The average Bonchev–Trinajstić information content (AvgIpc) is 2.77. The third-order valence-corrected chi connectivity index (χ3v) is 9.67. The molecule has 0 aliphatic carbocycles. The third-order valence-electron chi connectivity index (χ3n) is 3.69. The Morgan fingerprint density at radius 1 is 1.08 bits per heavy atom. The van der Waals surface area contributed by atoms with Crippen LogP contribution in [0.1, 0.15) is 44.6 Å². The van der Waals surface area contributed by atoms with E-state index in [1.165, 1.54) is 24.3 Å². The smallest absolute Gasteiger partial charge is 0.254 e. The van der Waals surface area contributed by atoms with Crippen molar-refractivity contribution >= 4 is 16.4 Å². The largest absolute Gasteiger partial charge is 0.466 e. The topological polar surface area (TPSA) is 78.4 Å². The summed E-state index contributed by atoms with van der Waals surface area (Å²) < 4.78 is 79.7. The maximum absolute atomic E-state index is 13.9. The lowest BCUT2D eigenvalue weighted by molar-refractivity contribution is -1.91. The van der Waals surface area contributed by atoms with Gasteiger partial charge in [0.15, 0.2) is 0 Å².